The molecule has 1 atom stereocenters. The number of carbonyl (C=O) groups excluding carboxylic acids is 2. The fourth-order valence-corrected chi connectivity index (χ4v) is 5.35. The summed E-state index contributed by atoms with van der Waals surface area (Å²) in [4.78, 5) is 28.5. The topological polar surface area (TPSA) is 86.8 Å². The lowest BCUT2D eigenvalue weighted by Gasteiger charge is -2.33. The molecule has 9 heteroatoms. The summed E-state index contributed by atoms with van der Waals surface area (Å²) in [5.41, 5.74) is 3.70. The Labute approximate surface area is 224 Å². The number of likely N-dealkylation sites (N-methyl/N-ethyl adjacent to an activating group) is 1. The Kier molecular flexibility index (Phi) is 9.34. The van der Waals surface area contributed by atoms with Gasteiger partial charge in [0.15, 0.2) is 0 Å². The molecule has 0 saturated heterocycles. The van der Waals surface area contributed by atoms with Gasteiger partial charge in [-0.2, -0.15) is 0 Å². The number of amides is 2. The van der Waals surface area contributed by atoms with E-state index in [2.05, 4.69) is 5.32 Å². The third-order valence-corrected chi connectivity index (χ3v) is 7.42. The van der Waals surface area contributed by atoms with E-state index >= 15 is 0 Å². The van der Waals surface area contributed by atoms with E-state index in [9.17, 15) is 18.0 Å². The van der Waals surface area contributed by atoms with E-state index in [1.807, 2.05) is 61.5 Å². The summed E-state index contributed by atoms with van der Waals surface area (Å²) in [6.45, 7) is 3.36. The molecule has 0 spiro atoms. The van der Waals surface area contributed by atoms with E-state index < -0.39 is 28.5 Å². The van der Waals surface area contributed by atoms with Gasteiger partial charge in [0, 0.05) is 25.0 Å². The molecule has 0 radical (unpaired) electrons. The molecule has 0 fully saturated rings. The molecule has 7 nitrogen and oxygen atoms in total. The van der Waals surface area contributed by atoms with Crippen LogP contribution < -0.4 is 9.62 Å². The van der Waals surface area contributed by atoms with Crippen molar-refractivity contribution in [2.45, 2.75) is 32.9 Å². The maximum absolute atomic E-state index is 13.9. The first-order chi connectivity index (χ1) is 17.5. The van der Waals surface area contributed by atoms with Gasteiger partial charge in [0.05, 0.1) is 11.9 Å². The minimum atomic E-state index is -3.83. The molecule has 0 bridgehead atoms. The van der Waals surface area contributed by atoms with Crippen molar-refractivity contribution in [1.82, 2.24) is 10.2 Å². The normalized spacial score (nSPS) is 12.0. The highest BCUT2D eigenvalue weighted by atomic mass is 35.5. The SMILES string of the molecule is CNC(=O)[C@@H](Cc1ccccc1)N(Cc1cccc(C)c1)C(=O)CN(c1ccc(Cl)cc1C)S(C)(=O)=O. The number of halogens is 1. The van der Waals surface area contributed by atoms with E-state index in [0.717, 1.165) is 27.3 Å². The van der Waals surface area contributed by atoms with Crippen LogP contribution in [0.3, 0.4) is 0 Å². The van der Waals surface area contributed by atoms with Crippen molar-refractivity contribution in [2.75, 3.05) is 24.2 Å². The number of anilines is 1. The highest BCUT2D eigenvalue weighted by Crippen LogP contribution is 2.26. The number of hydrogen-bond donors (Lipinski definition) is 1. The summed E-state index contributed by atoms with van der Waals surface area (Å²) < 4.78 is 26.7. The highest BCUT2D eigenvalue weighted by molar-refractivity contribution is 7.92. The van der Waals surface area contributed by atoms with Crippen molar-refractivity contribution in [3.05, 3.63) is 100 Å². The first kappa shape index (κ1) is 28.2. The predicted octanol–water partition coefficient (Wildman–Crippen LogP) is 4.11. The van der Waals surface area contributed by atoms with Crippen molar-refractivity contribution in [1.29, 1.82) is 0 Å². The van der Waals surface area contributed by atoms with Gasteiger partial charge in [0.1, 0.15) is 12.6 Å². The second kappa shape index (κ2) is 12.3. The van der Waals surface area contributed by atoms with Crippen LogP contribution in [0.1, 0.15) is 22.3 Å². The first-order valence-electron chi connectivity index (χ1n) is 11.8. The van der Waals surface area contributed by atoms with Gasteiger partial charge in [0.25, 0.3) is 0 Å². The molecule has 3 aromatic carbocycles. The van der Waals surface area contributed by atoms with E-state index in [1.54, 1.807) is 25.1 Å². The molecule has 2 amide bonds. The lowest BCUT2D eigenvalue weighted by molar-refractivity contribution is -0.139. The Morgan fingerprint density at radius 3 is 2.22 bits per heavy atom. The van der Waals surface area contributed by atoms with Gasteiger partial charge >= 0.3 is 0 Å². The summed E-state index contributed by atoms with van der Waals surface area (Å²) in [6.07, 6.45) is 1.33. The Bertz CT molecular complexity index is 1360. The number of aryl methyl sites for hydroxylation is 2. The summed E-state index contributed by atoms with van der Waals surface area (Å²) >= 11 is 6.08. The zero-order valence-electron chi connectivity index (χ0n) is 21.4. The minimum Gasteiger partial charge on any atom is -0.357 e. The van der Waals surface area contributed by atoms with Crippen molar-refractivity contribution < 1.29 is 18.0 Å². The van der Waals surface area contributed by atoms with Crippen molar-refractivity contribution in [2.24, 2.45) is 0 Å². The van der Waals surface area contributed by atoms with E-state index in [0.29, 0.717) is 16.3 Å². The van der Waals surface area contributed by atoms with Crippen LogP contribution in [0.4, 0.5) is 5.69 Å². The molecule has 0 aliphatic carbocycles. The summed E-state index contributed by atoms with van der Waals surface area (Å²) in [5.74, 6) is -0.829. The number of hydrogen-bond acceptors (Lipinski definition) is 4. The molecule has 3 rings (SSSR count). The van der Waals surface area contributed by atoms with Crippen molar-refractivity contribution in [3.8, 4) is 0 Å². The Hall–Kier alpha value is -3.36. The molecular formula is C28H32ClN3O4S. The first-order valence-corrected chi connectivity index (χ1v) is 14.1. The fourth-order valence-electron chi connectivity index (χ4n) is 4.22. The fraction of sp³-hybridized carbons (Fsp3) is 0.286. The maximum atomic E-state index is 13.9. The van der Waals surface area contributed by atoms with Crippen LogP contribution in [0.2, 0.25) is 5.02 Å². The molecule has 37 heavy (non-hydrogen) atoms. The van der Waals surface area contributed by atoms with Gasteiger partial charge in [-0.1, -0.05) is 71.8 Å². The third-order valence-electron chi connectivity index (χ3n) is 6.06. The number of sulfonamides is 1. The molecular weight excluding hydrogens is 510 g/mol. The average molecular weight is 542 g/mol. The second-order valence-corrected chi connectivity index (χ2v) is 11.4. The van der Waals surface area contributed by atoms with Gasteiger partial charge in [-0.3, -0.25) is 13.9 Å². The van der Waals surface area contributed by atoms with Gasteiger partial charge in [0.2, 0.25) is 21.8 Å². The number of rotatable bonds is 10. The number of nitrogens with zero attached hydrogens (tertiary/aromatic N) is 2. The van der Waals surface area contributed by atoms with Crippen LogP contribution >= 0.6 is 11.6 Å². The predicted molar refractivity (Wildman–Crippen MR) is 148 cm³/mol. The zero-order valence-corrected chi connectivity index (χ0v) is 23.0. The van der Waals surface area contributed by atoms with Crippen LogP contribution in [-0.4, -0.2) is 51.0 Å². The summed E-state index contributed by atoms with van der Waals surface area (Å²) in [7, 11) is -2.31. The van der Waals surface area contributed by atoms with Crippen molar-refractivity contribution >= 4 is 39.1 Å². The average Bonchev–Trinajstić information content (AvgIpc) is 2.84. The largest absolute Gasteiger partial charge is 0.357 e. The number of benzene rings is 3. The van der Waals surface area contributed by atoms with Crippen LogP contribution in [-0.2, 0) is 32.6 Å². The van der Waals surface area contributed by atoms with Crippen molar-refractivity contribution in [3.63, 3.8) is 0 Å². The zero-order chi connectivity index (χ0) is 27.2. The number of nitrogens with one attached hydrogen (secondary N) is 1. The molecule has 0 aliphatic rings. The molecule has 1 N–H and O–H groups in total. The van der Waals surface area contributed by atoms with Gasteiger partial charge in [-0.25, -0.2) is 8.42 Å². The van der Waals surface area contributed by atoms with Crippen LogP contribution in [0.5, 0.6) is 0 Å². The summed E-state index contributed by atoms with van der Waals surface area (Å²) in [6, 6.07) is 21.0. The van der Waals surface area contributed by atoms with Crippen LogP contribution in [0, 0.1) is 13.8 Å². The molecule has 0 heterocycles. The monoisotopic (exact) mass is 541 g/mol. The number of carbonyl (C=O) groups is 2. The highest BCUT2D eigenvalue weighted by Gasteiger charge is 2.33. The van der Waals surface area contributed by atoms with Gasteiger partial charge < -0.3 is 10.2 Å². The molecule has 196 valence electrons. The smallest absolute Gasteiger partial charge is 0.244 e. The van der Waals surface area contributed by atoms with Crippen LogP contribution in [0.15, 0.2) is 72.8 Å². The van der Waals surface area contributed by atoms with Gasteiger partial charge in [-0.15, -0.1) is 0 Å². The van der Waals surface area contributed by atoms with Crippen LogP contribution in [0.25, 0.3) is 0 Å². The molecule has 0 unspecified atom stereocenters. The Balaban J connectivity index is 2.05. The Morgan fingerprint density at radius 2 is 1.62 bits per heavy atom. The maximum Gasteiger partial charge on any atom is 0.244 e. The Morgan fingerprint density at radius 1 is 0.946 bits per heavy atom. The van der Waals surface area contributed by atoms with E-state index in [1.165, 1.54) is 11.9 Å². The van der Waals surface area contributed by atoms with E-state index in [-0.39, 0.29) is 18.9 Å². The second-order valence-electron chi connectivity index (χ2n) is 9.03. The lowest BCUT2D eigenvalue weighted by Crippen LogP contribution is -2.53. The third kappa shape index (κ3) is 7.57. The minimum absolute atomic E-state index is 0.142. The summed E-state index contributed by atoms with van der Waals surface area (Å²) in [5, 5.41) is 3.13. The quantitative estimate of drug-likeness (QED) is 0.418. The van der Waals surface area contributed by atoms with E-state index in [4.69, 9.17) is 11.6 Å². The standard InChI is InChI=1S/C28H32ClN3O4S/c1-20-9-8-12-23(15-20)18-31(26(28(34)30-3)17-22-10-6-5-7-11-22)27(33)19-32(37(4,35)36)25-14-13-24(29)16-21(25)2/h5-16,26H,17-19H2,1-4H3,(H,30,34)/t26-/m1/s1. The molecule has 0 aromatic heterocycles. The van der Waals surface area contributed by atoms with Gasteiger partial charge in [-0.05, 0) is 48.7 Å². The molecule has 0 saturated carbocycles. The molecule has 3 aromatic rings. The molecule has 0 aliphatic heterocycles. The lowest BCUT2D eigenvalue weighted by atomic mass is 10.0.